The summed E-state index contributed by atoms with van der Waals surface area (Å²) in [4.78, 5) is 20.9. The lowest BCUT2D eigenvalue weighted by atomic mass is 10.2. The molecule has 24 heavy (non-hydrogen) atoms. The van der Waals surface area contributed by atoms with Gasteiger partial charge in [0.15, 0.2) is 6.61 Å². The van der Waals surface area contributed by atoms with E-state index in [2.05, 4.69) is 5.32 Å². The van der Waals surface area contributed by atoms with Gasteiger partial charge in [0, 0.05) is 18.7 Å². The number of halogens is 2. The molecule has 0 heterocycles. The number of hydrogen-bond donors (Lipinski definition) is 2. The summed E-state index contributed by atoms with van der Waals surface area (Å²) >= 11 is 12.1. The fourth-order valence-electron chi connectivity index (χ4n) is 1.92. The van der Waals surface area contributed by atoms with Crippen molar-refractivity contribution in [3.63, 3.8) is 0 Å². The molecule has 0 saturated carbocycles. The summed E-state index contributed by atoms with van der Waals surface area (Å²) in [6.07, 6.45) is 0. The van der Waals surface area contributed by atoms with Crippen LogP contribution < -0.4 is 15.8 Å². The second-order valence-corrected chi connectivity index (χ2v) is 5.61. The Morgan fingerprint density at radius 1 is 1.25 bits per heavy atom. The van der Waals surface area contributed by atoms with E-state index in [0.29, 0.717) is 18.0 Å². The Kier molecular flexibility index (Phi) is 5.83. The van der Waals surface area contributed by atoms with Crippen LogP contribution >= 0.6 is 23.2 Å². The highest BCUT2D eigenvalue weighted by Gasteiger charge is 2.14. The normalized spacial score (nSPS) is 10.2. The zero-order valence-corrected chi connectivity index (χ0v) is 13.8. The zero-order valence-electron chi connectivity index (χ0n) is 12.3. The second kappa shape index (κ2) is 7.85. The van der Waals surface area contributed by atoms with Crippen LogP contribution in [0, 0.1) is 10.1 Å². The number of anilines is 1. The summed E-state index contributed by atoms with van der Waals surface area (Å²) in [5.41, 5.74) is 6.07. The standard InChI is InChI=1S/C15H13Cl2N3O4/c16-12-5-10(20(22)23)6-13(17)15(12)19-7-9-2-1-3-11(4-9)24-8-14(18)21/h1-6,19H,7-8H2,(H2,18,21). The lowest BCUT2D eigenvalue weighted by Gasteiger charge is -2.11. The lowest BCUT2D eigenvalue weighted by molar-refractivity contribution is -0.384. The number of nitro groups is 1. The Balaban J connectivity index is 2.09. The molecule has 7 nitrogen and oxygen atoms in total. The van der Waals surface area contributed by atoms with Gasteiger partial charge in [-0.05, 0) is 17.7 Å². The first-order valence-electron chi connectivity index (χ1n) is 6.74. The number of amides is 1. The minimum absolute atomic E-state index is 0.148. The van der Waals surface area contributed by atoms with Crippen LogP contribution in [0.1, 0.15) is 5.56 Å². The number of carbonyl (C=O) groups is 1. The molecule has 0 unspecified atom stereocenters. The number of rotatable bonds is 7. The van der Waals surface area contributed by atoms with E-state index < -0.39 is 10.8 Å². The first-order valence-corrected chi connectivity index (χ1v) is 7.49. The van der Waals surface area contributed by atoms with Crippen molar-refractivity contribution >= 4 is 40.5 Å². The number of ether oxygens (including phenoxy) is 1. The molecule has 0 spiro atoms. The van der Waals surface area contributed by atoms with Gasteiger partial charge in [0.05, 0.1) is 20.7 Å². The number of non-ortho nitro benzene ring substituents is 1. The van der Waals surface area contributed by atoms with Gasteiger partial charge in [0.1, 0.15) is 5.75 Å². The van der Waals surface area contributed by atoms with Crippen molar-refractivity contribution in [2.24, 2.45) is 5.73 Å². The van der Waals surface area contributed by atoms with Gasteiger partial charge in [-0.2, -0.15) is 0 Å². The fourth-order valence-corrected chi connectivity index (χ4v) is 2.53. The maximum absolute atomic E-state index is 10.8. The van der Waals surface area contributed by atoms with Gasteiger partial charge in [-0.15, -0.1) is 0 Å². The smallest absolute Gasteiger partial charge is 0.272 e. The van der Waals surface area contributed by atoms with Crippen molar-refractivity contribution in [1.82, 2.24) is 0 Å². The van der Waals surface area contributed by atoms with Crippen molar-refractivity contribution in [1.29, 1.82) is 0 Å². The van der Waals surface area contributed by atoms with Crippen molar-refractivity contribution < 1.29 is 14.5 Å². The third kappa shape index (κ3) is 4.74. The Labute approximate surface area is 147 Å². The van der Waals surface area contributed by atoms with Gasteiger partial charge >= 0.3 is 0 Å². The molecule has 0 aromatic heterocycles. The molecule has 1 amide bonds. The van der Waals surface area contributed by atoms with Gasteiger partial charge < -0.3 is 15.8 Å². The molecule has 9 heteroatoms. The Morgan fingerprint density at radius 3 is 2.50 bits per heavy atom. The molecular weight excluding hydrogens is 357 g/mol. The van der Waals surface area contributed by atoms with E-state index in [1.165, 1.54) is 12.1 Å². The van der Waals surface area contributed by atoms with E-state index in [1.807, 2.05) is 6.07 Å². The highest BCUT2D eigenvalue weighted by Crippen LogP contribution is 2.35. The number of nitrogens with two attached hydrogens (primary N) is 1. The van der Waals surface area contributed by atoms with Gasteiger partial charge in [-0.1, -0.05) is 35.3 Å². The number of carbonyl (C=O) groups excluding carboxylic acids is 1. The topological polar surface area (TPSA) is 107 Å². The number of benzene rings is 2. The number of hydrogen-bond acceptors (Lipinski definition) is 5. The maximum Gasteiger partial charge on any atom is 0.272 e. The molecule has 0 aliphatic carbocycles. The number of nitro benzene ring substituents is 1. The average Bonchev–Trinajstić information content (AvgIpc) is 2.52. The van der Waals surface area contributed by atoms with E-state index >= 15 is 0 Å². The van der Waals surface area contributed by atoms with Crippen LogP contribution in [0.5, 0.6) is 5.75 Å². The first kappa shape index (κ1) is 17.8. The summed E-state index contributed by atoms with van der Waals surface area (Å²) in [7, 11) is 0. The van der Waals surface area contributed by atoms with Crippen molar-refractivity contribution in [3.05, 3.63) is 62.1 Å². The SMILES string of the molecule is NC(=O)COc1cccc(CNc2c(Cl)cc([N+](=O)[O-])cc2Cl)c1. The predicted octanol–water partition coefficient (Wildman–Crippen LogP) is 3.38. The molecule has 0 saturated heterocycles. The Hall–Kier alpha value is -2.51. The second-order valence-electron chi connectivity index (χ2n) is 4.80. The van der Waals surface area contributed by atoms with Crippen LogP contribution in [0.2, 0.25) is 10.0 Å². The van der Waals surface area contributed by atoms with Crippen LogP contribution in [0.15, 0.2) is 36.4 Å². The summed E-state index contributed by atoms with van der Waals surface area (Å²) in [5, 5.41) is 14.1. The van der Waals surface area contributed by atoms with Crippen molar-refractivity contribution in [2.75, 3.05) is 11.9 Å². The monoisotopic (exact) mass is 369 g/mol. The average molecular weight is 370 g/mol. The minimum Gasteiger partial charge on any atom is -0.484 e. The van der Waals surface area contributed by atoms with E-state index in [0.717, 1.165) is 5.56 Å². The van der Waals surface area contributed by atoms with Gasteiger partial charge in [0.2, 0.25) is 0 Å². The highest BCUT2D eigenvalue weighted by atomic mass is 35.5. The third-order valence-electron chi connectivity index (χ3n) is 2.99. The van der Waals surface area contributed by atoms with Crippen LogP contribution in [-0.2, 0) is 11.3 Å². The van der Waals surface area contributed by atoms with E-state index in [1.54, 1.807) is 18.2 Å². The number of primary amides is 1. The van der Waals surface area contributed by atoms with Crippen LogP contribution in [0.3, 0.4) is 0 Å². The molecule has 0 radical (unpaired) electrons. The Bertz CT molecular complexity index is 760. The molecular formula is C15H13Cl2N3O4. The van der Waals surface area contributed by atoms with Crippen LogP contribution in [-0.4, -0.2) is 17.4 Å². The molecule has 0 aliphatic heterocycles. The van der Waals surface area contributed by atoms with Gasteiger partial charge in [-0.3, -0.25) is 14.9 Å². The van der Waals surface area contributed by atoms with E-state index in [9.17, 15) is 14.9 Å². The van der Waals surface area contributed by atoms with Crippen molar-refractivity contribution in [3.8, 4) is 5.75 Å². The van der Waals surface area contributed by atoms with Gasteiger partial charge in [0.25, 0.3) is 11.6 Å². The van der Waals surface area contributed by atoms with E-state index in [4.69, 9.17) is 33.7 Å². The molecule has 3 N–H and O–H groups in total. The van der Waals surface area contributed by atoms with Gasteiger partial charge in [-0.25, -0.2) is 0 Å². The first-order chi connectivity index (χ1) is 11.4. The molecule has 0 fully saturated rings. The zero-order chi connectivity index (χ0) is 17.7. The quantitative estimate of drug-likeness (QED) is 0.574. The molecule has 0 aliphatic rings. The molecule has 2 aromatic rings. The maximum atomic E-state index is 10.8. The van der Waals surface area contributed by atoms with Crippen molar-refractivity contribution in [2.45, 2.75) is 6.54 Å². The number of nitrogens with one attached hydrogen (secondary N) is 1. The molecule has 0 atom stereocenters. The molecule has 0 bridgehead atoms. The molecule has 2 rings (SSSR count). The Morgan fingerprint density at radius 2 is 1.92 bits per heavy atom. The molecule has 2 aromatic carbocycles. The predicted molar refractivity (Wildman–Crippen MR) is 91.6 cm³/mol. The molecule has 126 valence electrons. The van der Waals surface area contributed by atoms with E-state index in [-0.39, 0.29) is 22.3 Å². The summed E-state index contributed by atoms with van der Waals surface area (Å²) in [6.45, 7) is 0.141. The number of nitrogens with zero attached hydrogens (tertiary/aromatic N) is 1. The summed E-state index contributed by atoms with van der Waals surface area (Å²) in [6, 6.07) is 9.45. The third-order valence-corrected chi connectivity index (χ3v) is 3.58. The highest BCUT2D eigenvalue weighted by molar-refractivity contribution is 6.39. The van der Waals surface area contributed by atoms with Crippen LogP contribution in [0.4, 0.5) is 11.4 Å². The van der Waals surface area contributed by atoms with Crippen LogP contribution in [0.25, 0.3) is 0 Å². The fraction of sp³-hybridized carbons (Fsp3) is 0.133. The lowest BCUT2D eigenvalue weighted by Crippen LogP contribution is -2.20. The summed E-state index contributed by atoms with van der Waals surface area (Å²) < 4.78 is 5.22. The summed E-state index contributed by atoms with van der Waals surface area (Å²) in [5.74, 6) is -0.0723. The minimum atomic E-state index is -0.568. The largest absolute Gasteiger partial charge is 0.484 e.